The van der Waals surface area contributed by atoms with Crippen molar-refractivity contribution in [1.29, 1.82) is 0 Å². The van der Waals surface area contributed by atoms with Crippen molar-refractivity contribution in [3.05, 3.63) is 76.6 Å². The van der Waals surface area contributed by atoms with Gasteiger partial charge in [0.2, 0.25) is 5.91 Å². The van der Waals surface area contributed by atoms with Crippen LogP contribution < -0.4 is 14.8 Å². The van der Waals surface area contributed by atoms with Crippen molar-refractivity contribution in [2.24, 2.45) is 7.05 Å². The molecular weight excluding hydrogens is 502 g/mol. The predicted octanol–water partition coefficient (Wildman–Crippen LogP) is 5.86. The first-order valence-electron chi connectivity index (χ1n) is 12.2. The van der Waals surface area contributed by atoms with Crippen LogP contribution in [0.2, 0.25) is 0 Å². The standard InChI is InChI=1S/C29H29N3O5S/c1-16-12-17(2)26(18(3)25(16)33)37-21-10-11-22-23(13-21)32(5)24(30-22)15-36-20-8-6-19(7-9-20)14-29(4)27(34)31-28(35)38-29/h6-13,33H,14-15H2,1-5H3,(H,31,34,35)/t29-/m1/s1. The van der Waals surface area contributed by atoms with Crippen molar-refractivity contribution in [1.82, 2.24) is 14.9 Å². The first-order chi connectivity index (χ1) is 18.0. The second-order valence-corrected chi connectivity index (χ2v) is 11.3. The predicted molar refractivity (Wildman–Crippen MR) is 147 cm³/mol. The normalized spacial score (nSPS) is 17.2. The minimum atomic E-state index is -0.799. The van der Waals surface area contributed by atoms with Crippen molar-refractivity contribution in [3.63, 3.8) is 0 Å². The van der Waals surface area contributed by atoms with Gasteiger partial charge in [0.15, 0.2) is 0 Å². The van der Waals surface area contributed by atoms with Gasteiger partial charge in [-0.05, 0) is 92.9 Å². The number of thioether (sulfide) groups is 1. The number of imide groups is 1. The van der Waals surface area contributed by atoms with Gasteiger partial charge < -0.3 is 19.1 Å². The molecule has 0 spiro atoms. The van der Waals surface area contributed by atoms with Crippen molar-refractivity contribution in [2.75, 3.05) is 0 Å². The Morgan fingerprint density at radius 1 is 1.03 bits per heavy atom. The fourth-order valence-electron chi connectivity index (χ4n) is 4.70. The maximum atomic E-state index is 12.1. The molecule has 0 unspecified atom stereocenters. The molecule has 38 heavy (non-hydrogen) atoms. The lowest BCUT2D eigenvalue weighted by molar-refractivity contribution is -0.121. The van der Waals surface area contributed by atoms with E-state index in [0.29, 0.717) is 29.2 Å². The molecule has 0 radical (unpaired) electrons. The van der Waals surface area contributed by atoms with Gasteiger partial charge in [-0.1, -0.05) is 12.1 Å². The first-order valence-corrected chi connectivity index (χ1v) is 13.0. The van der Waals surface area contributed by atoms with E-state index >= 15 is 0 Å². The van der Waals surface area contributed by atoms with E-state index in [1.807, 2.05) is 80.9 Å². The molecule has 196 valence electrons. The highest BCUT2D eigenvalue weighted by atomic mass is 32.2. The molecule has 1 aliphatic heterocycles. The Hall–Kier alpha value is -3.98. The molecule has 1 aromatic heterocycles. The number of carbonyl (C=O) groups excluding carboxylic acids is 2. The zero-order valence-electron chi connectivity index (χ0n) is 21.9. The highest BCUT2D eigenvalue weighted by Crippen LogP contribution is 2.37. The van der Waals surface area contributed by atoms with Crippen LogP contribution in [-0.2, 0) is 24.9 Å². The van der Waals surface area contributed by atoms with Crippen molar-refractivity contribution < 1.29 is 24.2 Å². The SMILES string of the molecule is Cc1cc(C)c(Oc2ccc3nc(COc4ccc(C[C@@]5(C)SC(=O)NC5=O)cc4)n(C)c3c2)c(C)c1O. The zero-order valence-corrected chi connectivity index (χ0v) is 22.7. The summed E-state index contributed by atoms with van der Waals surface area (Å²) in [6.45, 7) is 7.73. The number of nitrogens with zero attached hydrogens (tertiary/aromatic N) is 2. The number of rotatable bonds is 7. The molecule has 2 heterocycles. The Bertz CT molecular complexity index is 1580. The van der Waals surface area contributed by atoms with E-state index in [9.17, 15) is 14.7 Å². The van der Waals surface area contributed by atoms with E-state index in [1.165, 1.54) is 0 Å². The van der Waals surface area contributed by atoms with E-state index in [1.54, 1.807) is 6.92 Å². The highest BCUT2D eigenvalue weighted by molar-refractivity contribution is 8.16. The van der Waals surface area contributed by atoms with Crippen LogP contribution in [-0.4, -0.2) is 30.6 Å². The molecule has 5 rings (SSSR count). The highest BCUT2D eigenvalue weighted by Gasteiger charge is 2.43. The average molecular weight is 532 g/mol. The minimum Gasteiger partial charge on any atom is -0.507 e. The summed E-state index contributed by atoms with van der Waals surface area (Å²) in [6.07, 6.45) is 0.450. The summed E-state index contributed by atoms with van der Waals surface area (Å²) >= 11 is 1.03. The molecule has 9 heteroatoms. The zero-order chi connectivity index (χ0) is 27.2. The second kappa shape index (κ2) is 9.72. The number of hydrogen-bond donors (Lipinski definition) is 2. The smallest absolute Gasteiger partial charge is 0.286 e. The van der Waals surface area contributed by atoms with Gasteiger partial charge in [0.1, 0.15) is 40.2 Å². The molecule has 3 aromatic carbocycles. The van der Waals surface area contributed by atoms with Crippen LogP contribution in [0, 0.1) is 20.8 Å². The molecular formula is C29H29N3O5S. The van der Waals surface area contributed by atoms with Crippen LogP contribution in [0.15, 0.2) is 48.5 Å². The molecule has 1 saturated heterocycles. The average Bonchev–Trinajstić information content (AvgIpc) is 3.33. The Kier molecular flexibility index (Phi) is 6.56. The number of imidazole rings is 1. The van der Waals surface area contributed by atoms with E-state index in [0.717, 1.165) is 45.3 Å². The van der Waals surface area contributed by atoms with Crippen LogP contribution in [0.3, 0.4) is 0 Å². The van der Waals surface area contributed by atoms with E-state index < -0.39 is 4.75 Å². The summed E-state index contributed by atoms with van der Waals surface area (Å²) < 4.78 is 13.3. The van der Waals surface area contributed by atoms with Gasteiger partial charge >= 0.3 is 0 Å². The summed E-state index contributed by atoms with van der Waals surface area (Å²) in [4.78, 5) is 28.4. The first kappa shape index (κ1) is 25.7. The molecule has 0 bridgehead atoms. The maximum Gasteiger partial charge on any atom is 0.286 e. The molecule has 4 aromatic rings. The number of hydrogen-bond acceptors (Lipinski definition) is 7. The van der Waals surface area contributed by atoms with Crippen molar-refractivity contribution in [3.8, 4) is 23.0 Å². The Morgan fingerprint density at radius 2 is 1.74 bits per heavy atom. The number of aromatic hydroxyl groups is 1. The molecule has 8 nitrogen and oxygen atoms in total. The van der Waals surface area contributed by atoms with Gasteiger partial charge in [-0.3, -0.25) is 14.9 Å². The summed E-state index contributed by atoms with van der Waals surface area (Å²) in [7, 11) is 1.93. The van der Waals surface area contributed by atoms with Gasteiger partial charge in [0.25, 0.3) is 5.24 Å². The number of aryl methyl sites for hydroxylation is 3. The summed E-state index contributed by atoms with van der Waals surface area (Å²) in [5.74, 6) is 2.72. The number of fused-ring (bicyclic) bond motifs is 1. The van der Waals surface area contributed by atoms with Crippen molar-refractivity contribution in [2.45, 2.75) is 45.5 Å². The van der Waals surface area contributed by atoms with Gasteiger partial charge in [-0.2, -0.15) is 0 Å². The topological polar surface area (TPSA) is 103 Å². The van der Waals surface area contributed by atoms with Crippen molar-refractivity contribution >= 4 is 33.9 Å². The van der Waals surface area contributed by atoms with Gasteiger partial charge in [-0.25, -0.2) is 4.98 Å². The summed E-state index contributed by atoms with van der Waals surface area (Å²) in [5, 5.41) is 12.4. The fraction of sp³-hybridized carbons (Fsp3) is 0.276. The fourth-order valence-corrected chi connectivity index (χ4v) is 5.64. The lowest BCUT2D eigenvalue weighted by atomic mass is 9.99. The Morgan fingerprint density at radius 3 is 2.42 bits per heavy atom. The Labute approximate surface area is 225 Å². The lowest BCUT2D eigenvalue weighted by Crippen LogP contribution is -2.35. The number of benzene rings is 3. The van der Waals surface area contributed by atoms with Crippen LogP contribution >= 0.6 is 11.8 Å². The largest absolute Gasteiger partial charge is 0.507 e. The third-order valence-corrected chi connectivity index (χ3v) is 7.94. The second-order valence-electron chi connectivity index (χ2n) is 9.84. The maximum absolute atomic E-state index is 12.1. The van der Waals surface area contributed by atoms with Crippen LogP contribution in [0.1, 0.15) is 35.0 Å². The van der Waals surface area contributed by atoms with E-state index in [-0.39, 0.29) is 23.5 Å². The third-order valence-electron chi connectivity index (χ3n) is 6.87. The lowest BCUT2D eigenvalue weighted by Gasteiger charge is -2.18. The van der Waals surface area contributed by atoms with E-state index in [2.05, 4.69) is 5.32 Å². The van der Waals surface area contributed by atoms with Gasteiger partial charge in [0, 0.05) is 18.7 Å². The quantitative estimate of drug-likeness (QED) is 0.308. The molecule has 2 amide bonds. The number of phenolic OH excluding ortho intramolecular Hbond substituents is 1. The minimum absolute atomic E-state index is 0.243. The number of nitrogens with one attached hydrogen (secondary N) is 1. The molecule has 0 saturated carbocycles. The Balaban J connectivity index is 1.28. The van der Waals surface area contributed by atoms with Gasteiger partial charge in [-0.15, -0.1) is 0 Å². The van der Waals surface area contributed by atoms with Crippen LogP contribution in [0.5, 0.6) is 23.0 Å². The van der Waals surface area contributed by atoms with E-state index in [4.69, 9.17) is 14.5 Å². The van der Waals surface area contributed by atoms with Crippen LogP contribution in [0.4, 0.5) is 4.79 Å². The number of amides is 2. The molecule has 1 fully saturated rings. The number of aromatic nitrogens is 2. The van der Waals surface area contributed by atoms with Gasteiger partial charge in [0.05, 0.1) is 11.0 Å². The number of ether oxygens (including phenoxy) is 2. The third kappa shape index (κ3) is 4.81. The summed E-state index contributed by atoms with van der Waals surface area (Å²) in [6, 6.07) is 15.1. The number of carbonyl (C=O) groups is 2. The molecule has 1 atom stereocenters. The number of phenols is 1. The molecule has 2 N–H and O–H groups in total. The summed E-state index contributed by atoms with van der Waals surface area (Å²) in [5.41, 5.74) is 5.15. The molecule has 1 aliphatic rings. The van der Waals surface area contributed by atoms with Crippen LogP contribution in [0.25, 0.3) is 11.0 Å². The molecule has 0 aliphatic carbocycles. The monoisotopic (exact) mass is 531 g/mol.